The van der Waals surface area contributed by atoms with Crippen LogP contribution in [0.4, 0.5) is 0 Å². The third-order valence-corrected chi connectivity index (χ3v) is 4.59. The van der Waals surface area contributed by atoms with Gasteiger partial charge in [0, 0.05) is 43.5 Å². The SMILES string of the molecule is NCCNC1(C2=C3CNC(CN3)C2)CCCC1. The molecular weight excluding hydrogens is 212 g/mol. The predicted octanol–water partition coefficient (Wildman–Crippen LogP) is 0.0667. The quantitative estimate of drug-likeness (QED) is 0.558. The lowest BCUT2D eigenvalue weighted by molar-refractivity contribution is 0.322. The van der Waals surface area contributed by atoms with E-state index in [2.05, 4.69) is 16.0 Å². The third kappa shape index (κ3) is 1.98. The van der Waals surface area contributed by atoms with Gasteiger partial charge < -0.3 is 21.7 Å². The van der Waals surface area contributed by atoms with Crippen molar-refractivity contribution in [1.82, 2.24) is 16.0 Å². The predicted molar refractivity (Wildman–Crippen MR) is 69.7 cm³/mol. The van der Waals surface area contributed by atoms with Crippen molar-refractivity contribution in [2.24, 2.45) is 5.73 Å². The van der Waals surface area contributed by atoms with Crippen LogP contribution in [0.2, 0.25) is 0 Å². The molecule has 96 valence electrons. The van der Waals surface area contributed by atoms with Crippen LogP contribution in [-0.4, -0.2) is 37.8 Å². The van der Waals surface area contributed by atoms with Gasteiger partial charge in [-0.2, -0.15) is 0 Å². The molecule has 4 rings (SSSR count). The Morgan fingerprint density at radius 3 is 2.71 bits per heavy atom. The van der Waals surface area contributed by atoms with E-state index < -0.39 is 0 Å². The summed E-state index contributed by atoms with van der Waals surface area (Å²) >= 11 is 0. The lowest BCUT2D eigenvalue weighted by Crippen LogP contribution is -2.57. The van der Waals surface area contributed by atoms with Crippen LogP contribution < -0.4 is 21.7 Å². The van der Waals surface area contributed by atoms with Crippen LogP contribution in [0.5, 0.6) is 0 Å². The molecular formula is C13H24N4. The van der Waals surface area contributed by atoms with Crippen LogP contribution in [-0.2, 0) is 0 Å². The summed E-state index contributed by atoms with van der Waals surface area (Å²) in [6.45, 7) is 3.81. The fourth-order valence-corrected chi connectivity index (χ4v) is 3.71. The highest BCUT2D eigenvalue weighted by molar-refractivity contribution is 5.34. The molecule has 1 atom stereocenters. The molecule has 4 heteroatoms. The molecule has 2 bridgehead atoms. The van der Waals surface area contributed by atoms with Crippen molar-refractivity contribution in [3.63, 3.8) is 0 Å². The molecule has 1 saturated carbocycles. The van der Waals surface area contributed by atoms with Crippen LogP contribution in [0, 0.1) is 0 Å². The van der Waals surface area contributed by atoms with E-state index in [9.17, 15) is 0 Å². The van der Waals surface area contributed by atoms with E-state index in [0.29, 0.717) is 6.04 Å². The van der Waals surface area contributed by atoms with E-state index in [1.807, 2.05) is 0 Å². The van der Waals surface area contributed by atoms with Gasteiger partial charge in [-0.25, -0.2) is 0 Å². The number of hydrogen-bond acceptors (Lipinski definition) is 4. The molecule has 3 aliphatic heterocycles. The fourth-order valence-electron chi connectivity index (χ4n) is 3.71. The number of piperazine rings is 1. The molecule has 0 aromatic carbocycles. The molecule has 1 aliphatic carbocycles. The molecule has 3 heterocycles. The van der Waals surface area contributed by atoms with Gasteiger partial charge in [-0.1, -0.05) is 12.8 Å². The molecule has 0 spiro atoms. The molecule has 0 aromatic rings. The molecule has 1 saturated heterocycles. The van der Waals surface area contributed by atoms with Crippen LogP contribution in [0.3, 0.4) is 0 Å². The Hall–Kier alpha value is -0.580. The summed E-state index contributed by atoms with van der Waals surface area (Å²) in [5, 5.41) is 10.9. The van der Waals surface area contributed by atoms with E-state index in [1.54, 1.807) is 5.57 Å². The minimum Gasteiger partial charge on any atom is -0.386 e. The van der Waals surface area contributed by atoms with Crippen LogP contribution in [0.15, 0.2) is 11.3 Å². The first kappa shape index (κ1) is 11.5. The third-order valence-electron chi connectivity index (χ3n) is 4.59. The first-order valence-electron chi connectivity index (χ1n) is 6.99. The number of nitrogens with one attached hydrogen (secondary N) is 3. The summed E-state index contributed by atoms with van der Waals surface area (Å²) < 4.78 is 0. The van der Waals surface area contributed by atoms with Gasteiger partial charge in [-0.05, 0) is 24.8 Å². The van der Waals surface area contributed by atoms with Crippen LogP contribution in [0.25, 0.3) is 0 Å². The summed E-state index contributed by atoms with van der Waals surface area (Å²) in [6.07, 6.45) is 6.51. The average molecular weight is 236 g/mol. The van der Waals surface area contributed by atoms with Gasteiger partial charge in [-0.15, -0.1) is 0 Å². The Morgan fingerprint density at radius 1 is 1.35 bits per heavy atom. The molecule has 4 aliphatic rings. The Kier molecular flexibility index (Phi) is 3.11. The number of hydrogen-bond donors (Lipinski definition) is 4. The van der Waals surface area contributed by atoms with Crippen LogP contribution >= 0.6 is 0 Å². The van der Waals surface area contributed by atoms with Crippen molar-refractivity contribution < 1.29 is 0 Å². The summed E-state index contributed by atoms with van der Waals surface area (Å²) in [5.41, 5.74) is 9.04. The topological polar surface area (TPSA) is 62.1 Å². The lowest BCUT2D eigenvalue weighted by Gasteiger charge is -2.44. The normalized spacial score (nSPS) is 30.8. The number of rotatable bonds is 4. The van der Waals surface area contributed by atoms with Gasteiger partial charge in [0.1, 0.15) is 0 Å². The Morgan fingerprint density at radius 2 is 2.18 bits per heavy atom. The second-order valence-corrected chi connectivity index (χ2v) is 5.62. The standard InChI is InChI=1S/C13H24N4/c14-5-6-17-13(3-1-2-4-13)11-7-10-8-16-12(11)9-15-10/h10,15-17H,1-9,14H2. The van der Waals surface area contributed by atoms with Gasteiger partial charge in [0.25, 0.3) is 0 Å². The monoisotopic (exact) mass is 236 g/mol. The second kappa shape index (κ2) is 4.59. The summed E-state index contributed by atoms with van der Waals surface area (Å²) in [5.74, 6) is 0. The smallest absolute Gasteiger partial charge is 0.0415 e. The zero-order valence-electron chi connectivity index (χ0n) is 10.5. The molecule has 5 N–H and O–H groups in total. The Bertz CT molecular complexity index is 307. The van der Waals surface area contributed by atoms with E-state index in [0.717, 1.165) is 26.2 Å². The highest BCUT2D eigenvalue weighted by Crippen LogP contribution is 2.40. The number of fused-ring (bicyclic) bond motifs is 3. The minimum absolute atomic E-state index is 0.266. The van der Waals surface area contributed by atoms with Crippen LogP contribution in [0.1, 0.15) is 32.1 Å². The van der Waals surface area contributed by atoms with Crippen molar-refractivity contribution in [1.29, 1.82) is 0 Å². The molecule has 4 nitrogen and oxygen atoms in total. The van der Waals surface area contributed by atoms with Gasteiger partial charge in [-0.3, -0.25) is 0 Å². The van der Waals surface area contributed by atoms with Crippen molar-refractivity contribution in [2.45, 2.75) is 43.7 Å². The molecule has 0 radical (unpaired) electrons. The second-order valence-electron chi connectivity index (χ2n) is 5.62. The highest BCUT2D eigenvalue weighted by Gasteiger charge is 2.42. The maximum absolute atomic E-state index is 5.66. The largest absolute Gasteiger partial charge is 0.386 e. The summed E-state index contributed by atoms with van der Waals surface area (Å²) in [4.78, 5) is 0. The highest BCUT2D eigenvalue weighted by atomic mass is 15.1. The fraction of sp³-hybridized carbons (Fsp3) is 0.846. The van der Waals surface area contributed by atoms with Crippen molar-refractivity contribution in [3.8, 4) is 0 Å². The Labute approximate surface area is 103 Å². The van der Waals surface area contributed by atoms with Crippen molar-refractivity contribution >= 4 is 0 Å². The van der Waals surface area contributed by atoms with E-state index in [-0.39, 0.29) is 5.54 Å². The molecule has 0 amide bonds. The van der Waals surface area contributed by atoms with Gasteiger partial charge >= 0.3 is 0 Å². The summed E-state index contributed by atoms with van der Waals surface area (Å²) in [6, 6.07) is 0.639. The minimum atomic E-state index is 0.266. The number of nitrogens with two attached hydrogens (primary N) is 1. The van der Waals surface area contributed by atoms with E-state index in [1.165, 1.54) is 37.8 Å². The zero-order valence-corrected chi connectivity index (χ0v) is 10.5. The van der Waals surface area contributed by atoms with Gasteiger partial charge in [0.15, 0.2) is 0 Å². The average Bonchev–Trinajstić information content (AvgIpc) is 2.88. The lowest BCUT2D eigenvalue weighted by atomic mass is 9.79. The van der Waals surface area contributed by atoms with Gasteiger partial charge in [0.05, 0.1) is 0 Å². The van der Waals surface area contributed by atoms with E-state index >= 15 is 0 Å². The maximum atomic E-state index is 5.66. The molecule has 0 aromatic heterocycles. The maximum Gasteiger partial charge on any atom is 0.0415 e. The molecule has 1 unspecified atom stereocenters. The van der Waals surface area contributed by atoms with Crippen molar-refractivity contribution in [3.05, 3.63) is 11.3 Å². The first-order valence-corrected chi connectivity index (χ1v) is 6.99. The zero-order chi connectivity index (χ0) is 11.7. The molecule has 17 heavy (non-hydrogen) atoms. The summed E-state index contributed by atoms with van der Waals surface area (Å²) in [7, 11) is 0. The first-order chi connectivity index (χ1) is 8.34. The van der Waals surface area contributed by atoms with Gasteiger partial charge in [0.2, 0.25) is 0 Å². The molecule has 2 fully saturated rings. The van der Waals surface area contributed by atoms with Crippen molar-refractivity contribution in [2.75, 3.05) is 26.2 Å². The Balaban J connectivity index is 1.85. The van der Waals surface area contributed by atoms with E-state index in [4.69, 9.17) is 5.73 Å².